The first-order valence-corrected chi connectivity index (χ1v) is 13.1. The Morgan fingerprint density at radius 3 is 0.743 bits per heavy atom. The number of benzene rings is 4. The first-order valence-electron chi connectivity index (χ1n) is 10.1. The zero-order chi connectivity index (χ0) is 24.1. The summed E-state index contributed by atoms with van der Waals surface area (Å²) in [6.07, 6.45) is -4.25. The Labute approximate surface area is 223 Å². The minimum absolute atomic E-state index is 0. The molecule has 4 aromatic carbocycles. The predicted octanol–water partition coefficient (Wildman–Crippen LogP) is 7.36. The zero-order valence-corrected chi connectivity index (χ0v) is 22.6. The van der Waals surface area contributed by atoms with Crippen molar-refractivity contribution in [3.63, 3.8) is 0 Å². The van der Waals surface area contributed by atoms with Crippen molar-refractivity contribution in [2.24, 2.45) is 0 Å². The SMILES string of the molecule is N.[CH2-]C(F)(F)F.[CH2-]P(c1ccccc1)c1ccccc1.[CH2-]P(c1ccccc1)c1ccccc1.[Pd]. The summed E-state index contributed by atoms with van der Waals surface area (Å²) in [5, 5.41) is 5.31. The van der Waals surface area contributed by atoms with E-state index >= 15 is 0 Å². The summed E-state index contributed by atoms with van der Waals surface area (Å²) in [4.78, 5) is 0. The molecule has 190 valence electrons. The van der Waals surface area contributed by atoms with Gasteiger partial charge in [-0.05, 0) is 0 Å². The third-order valence-corrected chi connectivity index (χ3v) is 7.96. The second-order valence-corrected chi connectivity index (χ2v) is 10.6. The maximum atomic E-state index is 10.2. The normalized spacial score (nSPS) is 10.1. The van der Waals surface area contributed by atoms with E-state index < -0.39 is 22.0 Å². The first kappa shape index (κ1) is 33.2. The van der Waals surface area contributed by atoms with Gasteiger partial charge in [0, 0.05) is 20.4 Å². The maximum absolute atomic E-state index is 10.2. The van der Waals surface area contributed by atoms with Crippen LogP contribution in [0.3, 0.4) is 0 Å². The van der Waals surface area contributed by atoms with Crippen LogP contribution in [0.5, 0.6) is 0 Å². The summed E-state index contributed by atoms with van der Waals surface area (Å²) < 4.78 is 30.7. The molecule has 0 unspecified atom stereocenters. The number of halogens is 3. The predicted molar refractivity (Wildman–Crippen MR) is 145 cm³/mol. The van der Waals surface area contributed by atoms with Crippen LogP contribution in [0.1, 0.15) is 0 Å². The third-order valence-electron chi connectivity index (χ3n) is 4.27. The Bertz CT molecular complexity index is 869. The van der Waals surface area contributed by atoms with Crippen LogP contribution in [-0.2, 0) is 20.4 Å². The van der Waals surface area contributed by atoms with E-state index in [1.165, 1.54) is 21.2 Å². The Morgan fingerprint density at radius 2 is 0.600 bits per heavy atom. The summed E-state index contributed by atoms with van der Waals surface area (Å²) in [6, 6.07) is 41.9. The second-order valence-electron chi connectivity index (χ2n) is 6.81. The number of hydrogen-bond acceptors (Lipinski definition) is 1. The summed E-state index contributed by atoms with van der Waals surface area (Å²) in [7, 11) is -0.842. The van der Waals surface area contributed by atoms with Gasteiger partial charge in [-0.2, -0.15) is 0 Å². The molecule has 0 radical (unpaired) electrons. The van der Waals surface area contributed by atoms with Gasteiger partial charge in [0.05, 0.1) is 0 Å². The molecule has 35 heavy (non-hydrogen) atoms. The summed E-state index contributed by atoms with van der Waals surface area (Å²) in [5.41, 5.74) is 0. The molecule has 0 spiro atoms. The van der Waals surface area contributed by atoms with Crippen molar-refractivity contribution >= 4 is 37.1 Å². The fraction of sp³-hybridized carbons (Fsp3) is 0.0357. The molecular formula is C28H29F3NP2Pd-3. The van der Waals surface area contributed by atoms with E-state index in [0.29, 0.717) is 0 Å². The molecule has 3 N–H and O–H groups in total. The minimum Gasteiger partial charge on any atom is -0.344 e. The fourth-order valence-corrected chi connectivity index (χ4v) is 5.45. The Morgan fingerprint density at radius 1 is 0.457 bits per heavy atom. The van der Waals surface area contributed by atoms with Crippen LogP contribution in [0.15, 0.2) is 121 Å². The summed E-state index contributed by atoms with van der Waals surface area (Å²) in [5.74, 6) is 0. The van der Waals surface area contributed by atoms with Crippen molar-refractivity contribution in [3.8, 4) is 0 Å². The van der Waals surface area contributed by atoms with Gasteiger partial charge >= 0.3 is 0 Å². The van der Waals surface area contributed by atoms with Gasteiger partial charge in [-0.1, -0.05) is 143 Å². The number of hydrogen-bond donors (Lipinski definition) is 1. The van der Waals surface area contributed by atoms with E-state index in [0.717, 1.165) is 0 Å². The molecule has 4 rings (SSSR count). The number of alkyl halides is 3. The molecule has 0 atom stereocenters. The van der Waals surface area contributed by atoms with E-state index in [4.69, 9.17) is 0 Å². The van der Waals surface area contributed by atoms with E-state index in [9.17, 15) is 13.2 Å². The second kappa shape index (κ2) is 17.6. The Balaban J connectivity index is 0.000000531. The van der Waals surface area contributed by atoms with Crippen LogP contribution in [0.25, 0.3) is 0 Å². The quantitative estimate of drug-likeness (QED) is 0.147. The zero-order valence-electron chi connectivity index (χ0n) is 19.2. The molecule has 7 heteroatoms. The van der Waals surface area contributed by atoms with Crippen molar-refractivity contribution in [1.29, 1.82) is 0 Å². The number of rotatable bonds is 4. The van der Waals surface area contributed by atoms with E-state index in [-0.39, 0.29) is 26.6 Å². The van der Waals surface area contributed by atoms with Crippen molar-refractivity contribution in [3.05, 3.63) is 142 Å². The fourth-order valence-electron chi connectivity index (χ4n) is 2.73. The van der Waals surface area contributed by atoms with Gasteiger partial charge in [-0.25, -0.2) is 35.9 Å². The molecule has 0 heterocycles. The van der Waals surface area contributed by atoms with Crippen LogP contribution in [-0.4, -0.2) is 6.18 Å². The average molecular weight is 605 g/mol. The molecule has 0 aromatic heterocycles. The Kier molecular flexibility index (Phi) is 16.6. The molecular weight excluding hydrogens is 576 g/mol. The van der Waals surface area contributed by atoms with Gasteiger partial charge in [0.15, 0.2) is 0 Å². The van der Waals surface area contributed by atoms with Crippen molar-refractivity contribution in [1.82, 2.24) is 6.15 Å². The van der Waals surface area contributed by atoms with Gasteiger partial charge in [0.2, 0.25) is 0 Å². The summed E-state index contributed by atoms with van der Waals surface area (Å²) in [6.45, 7) is 10.3. The van der Waals surface area contributed by atoms with E-state index in [2.05, 4.69) is 110 Å². The molecule has 0 saturated heterocycles. The van der Waals surface area contributed by atoms with Crippen molar-refractivity contribution < 1.29 is 33.6 Å². The van der Waals surface area contributed by atoms with Gasteiger partial charge in [0.25, 0.3) is 6.18 Å². The third kappa shape index (κ3) is 13.7. The average Bonchev–Trinajstić information content (AvgIpc) is 2.85. The molecule has 0 bridgehead atoms. The molecule has 0 saturated carbocycles. The van der Waals surface area contributed by atoms with Crippen LogP contribution < -0.4 is 27.4 Å². The monoisotopic (exact) mass is 604 g/mol. The maximum Gasteiger partial charge on any atom is 0.268 e. The molecule has 0 aliphatic rings. The smallest absolute Gasteiger partial charge is 0.268 e. The van der Waals surface area contributed by atoms with Crippen LogP contribution in [0.4, 0.5) is 13.2 Å². The van der Waals surface area contributed by atoms with Gasteiger partial charge in [0.1, 0.15) is 0 Å². The van der Waals surface area contributed by atoms with Gasteiger partial charge in [-0.15, -0.1) is 0 Å². The largest absolute Gasteiger partial charge is 0.344 e. The van der Waals surface area contributed by atoms with Crippen LogP contribution in [0, 0.1) is 20.3 Å². The first-order chi connectivity index (χ1) is 15.8. The van der Waals surface area contributed by atoms with Crippen molar-refractivity contribution in [2.45, 2.75) is 6.18 Å². The van der Waals surface area contributed by atoms with Crippen LogP contribution >= 0.6 is 15.8 Å². The van der Waals surface area contributed by atoms with E-state index in [1.54, 1.807) is 6.92 Å². The van der Waals surface area contributed by atoms with E-state index in [1.807, 2.05) is 24.3 Å². The molecule has 0 amide bonds. The molecule has 0 aliphatic heterocycles. The minimum atomic E-state index is -4.25. The molecule has 1 nitrogen and oxygen atoms in total. The van der Waals surface area contributed by atoms with Gasteiger partial charge in [-0.3, -0.25) is 0 Å². The molecule has 4 aromatic rings. The topological polar surface area (TPSA) is 35.0 Å². The molecule has 0 aliphatic carbocycles. The standard InChI is InChI=1S/2C13H12P.C2H2F3.H3N.Pd/c2*1-14(12-8-4-2-5-9-12)13-10-6-3-7-11-13;1-2(3,4)5;;/h2*2-11H,1H2;1H2;1H3;/q3*-1;;. The Hall–Kier alpha value is -1.85. The van der Waals surface area contributed by atoms with Crippen molar-refractivity contribution in [2.75, 3.05) is 0 Å². The summed E-state index contributed by atoms with van der Waals surface area (Å²) >= 11 is 0. The molecule has 0 fully saturated rings. The van der Waals surface area contributed by atoms with Crippen LogP contribution in [0.2, 0.25) is 0 Å². The van der Waals surface area contributed by atoms with Gasteiger partial charge < -0.3 is 19.5 Å².